The molecule has 8 nitrogen and oxygen atoms in total. The monoisotopic (exact) mass is 466 g/mol. The zero-order valence-electron chi connectivity index (χ0n) is 17.2. The summed E-state index contributed by atoms with van der Waals surface area (Å²) in [5.74, 6) is -2.78. The average molecular weight is 466 g/mol. The maximum atomic E-state index is 12.3. The van der Waals surface area contributed by atoms with Gasteiger partial charge >= 0.3 is 18.2 Å². The smallest absolute Gasteiger partial charge is 0.407 e. The van der Waals surface area contributed by atoms with E-state index in [1.807, 2.05) is 48.5 Å². The van der Waals surface area contributed by atoms with Crippen molar-refractivity contribution in [1.82, 2.24) is 10.8 Å². The van der Waals surface area contributed by atoms with Gasteiger partial charge in [0.15, 0.2) is 0 Å². The number of hydroxylamine groups is 1. The highest BCUT2D eigenvalue weighted by atomic mass is 19.4. The Bertz CT molecular complexity index is 982. The zero-order chi connectivity index (χ0) is 24.0. The lowest BCUT2D eigenvalue weighted by Gasteiger charge is -2.18. The van der Waals surface area contributed by atoms with Gasteiger partial charge in [-0.3, -0.25) is 14.4 Å². The summed E-state index contributed by atoms with van der Waals surface area (Å²) in [6.45, 7) is -0.927. The topological polar surface area (TPSA) is 114 Å². The van der Waals surface area contributed by atoms with Crippen molar-refractivity contribution in [2.45, 2.75) is 31.0 Å². The molecule has 3 N–H and O–H groups in total. The minimum absolute atomic E-state index is 0.0661. The second kappa shape index (κ2) is 10.3. The quantitative estimate of drug-likeness (QED) is 0.386. The van der Waals surface area contributed by atoms with Gasteiger partial charge in [0.2, 0.25) is 0 Å². The van der Waals surface area contributed by atoms with Crippen LogP contribution in [0.2, 0.25) is 0 Å². The number of benzene rings is 2. The Morgan fingerprint density at radius 1 is 1.00 bits per heavy atom. The molecule has 2 aromatic carbocycles. The molecular formula is C22H21F3N2O6. The summed E-state index contributed by atoms with van der Waals surface area (Å²) in [6.07, 6.45) is -7.66. The van der Waals surface area contributed by atoms with E-state index in [0.29, 0.717) is 0 Å². The van der Waals surface area contributed by atoms with Gasteiger partial charge in [-0.1, -0.05) is 48.5 Å². The first-order chi connectivity index (χ1) is 15.7. The van der Waals surface area contributed by atoms with E-state index >= 15 is 0 Å². The number of hydrogen-bond acceptors (Lipinski definition) is 5. The van der Waals surface area contributed by atoms with Gasteiger partial charge in [0.1, 0.15) is 12.6 Å². The number of rotatable bonds is 9. The normalized spacial score (nSPS) is 13.5. The summed E-state index contributed by atoms with van der Waals surface area (Å²) in [4.78, 5) is 39.8. The predicted molar refractivity (Wildman–Crippen MR) is 109 cm³/mol. The summed E-state index contributed by atoms with van der Waals surface area (Å²) in [5.41, 5.74) is 5.67. The van der Waals surface area contributed by atoms with Crippen LogP contribution < -0.4 is 10.8 Å². The molecule has 1 unspecified atom stereocenters. The highest BCUT2D eigenvalue weighted by Crippen LogP contribution is 2.44. The minimum atomic E-state index is -4.48. The molecule has 0 fully saturated rings. The Kier molecular flexibility index (Phi) is 7.54. The molecular weight excluding hydrogens is 445 g/mol. The van der Waals surface area contributed by atoms with Crippen LogP contribution in [0, 0.1) is 0 Å². The zero-order valence-corrected chi connectivity index (χ0v) is 17.2. The fraction of sp³-hybridized carbons (Fsp3) is 0.318. The number of amides is 2. The number of fused-ring (bicyclic) bond motifs is 3. The number of carboxylic acids is 1. The average Bonchev–Trinajstić information content (AvgIpc) is 3.07. The molecule has 0 saturated carbocycles. The molecule has 0 aliphatic heterocycles. The van der Waals surface area contributed by atoms with Crippen molar-refractivity contribution in [2.75, 3.05) is 13.2 Å². The molecule has 33 heavy (non-hydrogen) atoms. The lowest BCUT2D eigenvalue weighted by molar-refractivity contribution is -0.158. The van der Waals surface area contributed by atoms with Crippen LogP contribution in [0.25, 0.3) is 11.1 Å². The van der Waals surface area contributed by atoms with Gasteiger partial charge in [-0.05, 0) is 22.3 Å². The molecule has 2 aromatic rings. The van der Waals surface area contributed by atoms with Crippen LogP contribution in [0.1, 0.15) is 29.9 Å². The number of aliphatic carboxylic acids is 1. The number of carbonyl (C=O) groups excluding carboxylic acids is 2. The van der Waals surface area contributed by atoms with Crippen LogP contribution in [0.3, 0.4) is 0 Å². The Morgan fingerprint density at radius 2 is 1.58 bits per heavy atom. The highest BCUT2D eigenvalue weighted by molar-refractivity contribution is 5.88. The Morgan fingerprint density at radius 3 is 2.12 bits per heavy atom. The molecule has 0 saturated heterocycles. The molecule has 1 atom stereocenters. The Hall–Kier alpha value is -3.60. The number of alkyl carbamates (subject to hydrolysis) is 1. The fourth-order valence-electron chi connectivity index (χ4n) is 3.53. The third-order valence-electron chi connectivity index (χ3n) is 4.99. The van der Waals surface area contributed by atoms with Crippen molar-refractivity contribution >= 4 is 18.0 Å². The molecule has 0 bridgehead atoms. The van der Waals surface area contributed by atoms with Gasteiger partial charge in [0, 0.05) is 5.92 Å². The van der Waals surface area contributed by atoms with Crippen LogP contribution in [0.4, 0.5) is 18.0 Å². The van der Waals surface area contributed by atoms with Crippen molar-refractivity contribution in [2.24, 2.45) is 0 Å². The first kappa shape index (κ1) is 24.1. The summed E-state index contributed by atoms with van der Waals surface area (Å²) in [6, 6.07) is 13.7. The summed E-state index contributed by atoms with van der Waals surface area (Å²) in [5, 5.41) is 11.1. The molecule has 11 heteroatoms. The third kappa shape index (κ3) is 6.45. The van der Waals surface area contributed by atoms with Gasteiger partial charge in [0.25, 0.3) is 5.91 Å². The molecule has 3 rings (SSSR count). The van der Waals surface area contributed by atoms with Crippen LogP contribution in [-0.2, 0) is 19.2 Å². The maximum Gasteiger partial charge on any atom is 0.407 e. The number of hydrogen-bond donors (Lipinski definition) is 3. The molecule has 2 amide bonds. The van der Waals surface area contributed by atoms with E-state index < -0.39 is 49.6 Å². The first-order valence-corrected chi connectivity index (χ1v) is 9.97. The lowest BCUT2D eigenvalue weighted by atomic mass is 9.98. The maximum absolute atomic E-state index is 12.3. The van der Waals surface area contributed by atoms with Crippen LogP contribution in [-0.4, -0.2) is 48.5 Å². The van der Waals surface area contributed by atoms with E-state index in [4.69, 9.17) is 9.84 Å². The SMILES string of the molecule is O=C(O)CC(NC(=O)OCC1c2ccccc2-c2ccccc21)C(=O)NOCCC(F)(F)F. The molecule has 0 heterocycles. The minimum Gasteiger partial charge on any atom is -0.481 e. The van der Waals surface area contributed by atoms with E-state index in [0.717, 1.165) is 22.3 Å². The van der Waals surface area contributed by atoms with Gasteiger partial charge in [-0.15, -0.1) is 0 Å². The van der Waals surface area contributed by atoms with Crippen molar-refractivity contribution in [3.63, 3.8) is 0 Å². The van der Waals surface area contributed by atoms with Crippen molar-refractivity contribution in [3.05, 3.63) is 59.7 Å². The molecule has 0 radical (unpaired) electrons. The molecule has 0 spiro atoms. The van der Waals surface area contributed by atoms with E-state index in [1.54, 1.807) is 5.48 Å². The first-order valence-electron chi connectivity index (χ1n) is 9.97. The van der Waals surface area contributed by atoms with Gasteiger partial charge in [-0.2, -0.15) is 13.2 Å². The Balaban J connectivity index is 1.58. The van der Waals surface area contributed by atoms with E-state index in [2.05, 4.69) is 10.2 Å². The number of carboxylic acid groups (broad SMARTS) is 1. The lowest BCUT2D eigenvalue weighted by Crippen LogP contribution is -2.48. The predicted octanol–water partition coefficient (Wildman–Crippen LogP) is 3.37. The van der Waals surface area contributed by atoms with Gasteiger partial charge in [0.05, 0.1) is 19.4 Å². The number of nitrogens with one attached hydrogen (secondary N) is 2. The highest BCUT2D eigenvalue weighted by Gasteiger charge is 2.31. The number of ether oxygens (including phenoxy) is 1. The largest absolute Gasteiger partial charge is 0.481 e. The molecule has 1 aliphatic rings. The van der Waals surface area contributed by atoms with Crippen LogP contribution >= 0.6 is 0 Å². The van der Waals surface area contributed by atoms with Gasteiger partial charge < -0.3 is 15.2 Å². The third-order valence-corrected chi connectivity index (χ3v) is 4.99. The summed E-state index contributed by atoms with van der Waals surface area (Å²) < 4.78 is 41.7. The molecule has 176 valence electrons. The number of halogens is 3. The van der Waals surface area contributed by atoms with Crippen molar-refractivity contribution < 1.29 is 42.2 Å². The fourth-order valence-corrected chi connectivity index (χ4v) is 3.53. The standard InChI is InChI=1S/C22H21F3N2O6/c23-22(24,25)9-10-33-27-20(30)18(11-19(28)29)26-21(31)32-12-17-15-7-3-1-5-13(15)14-6-2-4-8-16(14)17/h1-8,17-18H,9-12H2,(H,26,31)(H,27,30)(H,28,29). The van der Waals surface area contributed by atoms with Crippen molar-refractivity contribution in [1.29, 1.82) is 0 Å². The van der Waals surface area contributed by atoms with E-state index in [1.165, 1.54) is 0 Å². The summed E-state index contributed by atoms with van der Waals surface area (Å²) in [7, 11) is 0. The summed E-state index contributed by atoms with van der Waals surface area (Å²) >= 11 is 0. The number of carbonyl (C=O) groups is 3. The van der Waals surface area contributed by atoms with Crippen LogP contribution in [0.15, 0.2) is 48.5 Å². The molecule has 1 aliphatic carbocycles. The molecule has 0 aromatic heterocycles. The Labute approximate surface area is 186 Å². The second-order valence-electron chi connectivity index (χ2n) is 7.30. The van der Waals surface area contributed by atoms with Crippen molar-refractivity contribution in [3.8, 4) is 11.1 Å². The number of alkyl halides is 3. The van der Waals surface area contributed by atoms with Gasteiger partial charge in [-0.25, -0.2) is 10.3 Å². The second-order valence-corrected chi connectivity index (χ2v) is 7.30. The van der Waals surface area contributed by atoms with E-state index in [-0.39, 0.29) is 12.5 Å². The van der Waals surface area contributed by atoms with Crippen LogP contribution in [0.5, 0.6) is 0 Å². The van der Waals surface area contributed by atoms with E-state index in [9.17, 15) is 27.6 Å².